The zero-order valence-corrected chi connectivity index (χ0v) is 28.8. The Bertz CT molecular complexity index is 2730. The van der Waals surface area contributed by atoms with Gasteiger partial charge < -0.3 is 9.32 Å². The summed E-state index contributed by atoms with van der Waals surface area (Å²) >= 11 is 0. The monoisotopic (exact) mass is 665 g/mol. The van der Waals surface area contributed by atoms with Gasteiger partial charge in [0.15, 0.2) is 5.58 Å². The summed E-state index contributed by atoms with van der Waals surface area (Å²) in [6, 6.07) is 69.8. The number of hydrogen-bond donors (Lipinski definition) is 0. The van der Waals surface area contributed by atoms with E-state index in [-0.39, 0.29) is 5.41 Å². The number of benzene rings is 8. The molecule has 0 N–H and O–H groups in total. The Morgan fingerprint density at radius 2 is 0.981 bits per heavy atom. The summed E-state index contributed by atoms with van der Waals surface area (Å²) in [5.74, 6) is 0. The third kappa shape index (κ3) is 4.65. The van der Waals surface area contributed by atoms with Crippen molar-refractivity contribution in [2.24, 2.45) is 0 Å². The number of fused-ring (bicyclic) bond motifs is 6. The number of rotatable bonds is 6. The first-order chi connectivity index (χ1) is 25.7. The van der Waals surface area contributed by atoms with E-state index in [1.165, 1.54) is 50.1 Å². The summed E-state index contributed by atoms with van der Waals surface area (Å²) in [6.07, 6.45) is 0. The van der Waals surface area contributed by atoms with Crippen LogP contribution in [0.2, 0.25) is 0 Å². The van der Waals surface area contributed by atoms with E-state index in [9.17, 15) is 0 Å². The van der Waals surface area contributed by atoms with Gasteiger partial charge in [-0.15, -0.1) is 0 Å². The number of furan rings is 1. The van der Waals surface area contributed by atoms with E-state index < -0.39 is 0 Å². The molecule has 2 nitrogen and oxygen atoms in total. The van der Waals surface area contributed by atoms with Crippen molar-refractivity contribution in [3.05, 3.63) is 211 Å². The molecule has 0 amide bonds. The van der Waals surface area contributed by atoms with Crippen molar-refractivity contribution >= 4 is 39.0 Å². The second kappa shape index (κ2) is 12.0. The number of anilines is 3. The highest BCUT2D eigenvalue weighted by molar-refractivity contribution is 6.10. The molecule has 0 aliphatic heterocycles. The molecular weight excluding hydrogens is 631 g/mol. The Labute approximate surface area is 303 Å². The molecule has 2 heteroatoms. The van der Waals surface area contributed by atoms with Crippen LogP contribution in [0.15, 0.2) is 199 Å². The molecule has 0 fully saturated rings. The lowest BCUT2D eigenvalue weighted by Gasteiger charge is -2.28. The lowest BCUT2D eigenvalue weighted by Crippen LogP contribution is -2.22. The summed E-state index contributed by atoms with van der Waals surface area (Å²) in [4.78, 5) is 2.32. The molecule has 1 atom stereocenters. The van der Waals surface area contributed by atoms with Gasteiger partial charge in [0.1, 0.15) is 5.58 Å². The van der Waals surface area contributed by atoms with E-state index >= 15 is 0 Å². The molecule has 0 bridgehead atoms. The lowest BCUT2D eigenvalue weighted by atomic mass is 9.74. The predicted molar refractivity (Wildman–Crippen MR) is 217 cm³/mol. The van der Waals surface area contributed by atoms with Crippen LogP contribution in [0.1, 0.15) is 23.6 Å². The summed E-state index contributed by atoms with van der Waals surface area (Å²) < 4.78 is 6.59. The van der Waals surface area contributed by atoms with Crippen molar-refractivity contribution in [2.75, 3.05) is 4.90 Å². The van der Waals surface area contributed by atoms with Crippen molar-refractivity contribution in [3.63, 3.8) is 0 Å². The molecule has 1 aliphatic rings. The highest BCUT2D eigenvalue weighted by atomic mass is 16.3. The smallest absolute Gasteiger partial charge is 0.159 e. The van der Waals surface area contributed by atoms with Gasteiger partial charge in [-0.1, -0.05) is 158 Å². The number of hydrogen-bond acceptors (Lipinski definition) is 2. The molecule has 1 aliphatic carbocycles. The molecule has 10 rings (SSSR count). The largest absolute Gasteiger partial charge is 0.454 e. The SMILES string of the molecule is CC1(c2ccccc2)c2ccccc2-c2c(-c3ccc(N(c4ccc(-c5ccccc5)cc4)c4cccc5c4oc4ccccc45)cc3)cccc21. The van der Waals surface area contributed by atoms with E-state index in [1.807, 2.05) is 12.1 Å². The number of para-hydroxylation sites is 2. The second-order valence-corrected chi connectivity index (χ2v) is 13.8. The Morgan fingerprint density at radius 3 is 1.75 bits per heavy atom. The van der Waals surface area contributed by atoms with E-state index in [1.54, 1.807) is 0 Å². The fourth-order valence-corrected chi connectivity index (χ4v) is 8.42. The van der Waals surface area contributed by atoms with Crippen LogP contribution < -0.4 is 4.90 Å². The molecule has 0 radical (unpaired) electrons. The quantitative estimate of drug-likeness (QED) is 0.176. The molecule has 9 aromatic rings. The first-order valence-electron chi connectivity index (χ1n) is 17.9. The van der Waals surface area contributed by atoms with Crippen molar-refractivity contribution < 1.29 is 4.42 Å². The number of nitrogens with zero attached hydrogens (tertiary/aromatic N) is 1. The van der Waals surface area contributed by atoms with Crippen molar-refractivity contribution in [1.29, 1.82) is 0 Å². The molecule has 0 spiro atoms. The molecular formula is C50H35NO. The van der Waals surface area contributed by atoms with Gasteiger partial charge in [-0.2, -0.15) is 0 Å². The Hall–Kier alpha value is -6.64. The first kappa shape index (κ1) is 30.2. The zero-order valence-electron chi connectivity index (χ0n) is 28.8. The van der Waals surface area contributed by atoms with Crippen LogP contribution >= 0.6 is 0 Å². The van der Waals surface area contributed by atoms with Gasteiger partial charge in [-0.25, -0.2) is 0 Å². The van der Waals surface area contributed by atoms with E-state index in [2.05, 4.69) is 194 Å². The van der Waals surface area contributed by atoms with Crippen molar-refractivity contribution in [1.82, 2.24) is 0 Å². The third-order valence-electron chi connectivity index (χ3n) is 11.0. The van der Waals surface area contributed by atoms with Crippen LogP contribution in [-0.2, 0) is 5.41 Å². The van der Waals surface area contributed by atoms with Gasteiger partial charge in [-0.05, 0) is 93.4 Å². The minimum Gasteiger partial charge on any atom is -0.454 e. The van der Waals surface area contributed by atoms with Crippen LogP contribution in [0.25, 0.3) is 55.3 Å². The highest BCUT2D eigenvalue weighted by Crippen LogP contribution is 2.55. The minimum atomic E-state index is -0.239. The molecule has 52 heavy (non-hydrogen) atoms. The predicted octanol–water partition coefficient (Wildman–Crippen LogP) is 13.7. The van der Waals surface area contributed by atoms with Gasteiger partial charge in [0.05, 0.1) is 5.69 Å². The molecule has 1 unspecified atom stereocenters. The highest BCUT2D eigenvalue weighted by Gasteiger charge is 2.41. The molecule has 0 saturated carbocycles. The maximum Gasteiger partial charge on any atom is 0.159 e. The molecule has 8 aromatic carbocycles. The van der Waals surface area contributed by atoms with Gasteiger partial charge in [0, 0.05) is 27.6 Å². The fourth-order valence-electron chi connectivity index (χ4n) is 8.42. The molecule has 246 valence electrons. The van der Waals surface area contributed by atoms with Crippen LogP contribution in [0.3, 0.4) is 0 Å². The topological polar surface area (TPSA) is 16.4 Å². The van der Waals surface area contributed by atoms with Crippen LogP contribution in [0.5, 0.6) is 0 Å². The Kier molecular flexibility index (Phi) is 6.97. The summed E-state index contributed by atoms with van der Waals surface area (Å²) in [6.45, 7) is 2.37. The van der Waals surface area contributed by atoms with Crippen LogP contribution in [-0.4, -0.2) is 0 Å². The average molecular weight is 666 g/mol. The summed E-state index contributed by atoms with van der Waals surface area (Å²) in [7, 11) is 0. The molecule has 0 saturated heterocycles. The van der Waals surface area contributed by atoms with E-state index in [4.69, 9.17) is 4.42 Å². The van der Waals surface area contributed by atoms with Crippen molar-refractivity contribution in [2.45, 2.75) is 12.3 Å². The summed E-state index contributed by atoms with van der Waals surface area (Å²) in [5, 5.41) is 2.23. The van der Waals surface area contributed by atoms with Crippen LogP contribution in [0.4, 0.5) is 17.1 Å². The maximum absolute atomic E-state index is 6.59. The first-order valence-corrected chi connectivity index (χ1v) is 17.9. The standard InChI is InChI=1S/C50H35NO/c1-50(37-16-6-3-7-17-37)44-22-10-8-19-43(44)48-40(20-12-23-45(48)50)36-28-32-39(33-29-36)51(38-30-26-35(27-31-38)34-14-4-2-5-15-34)46-24-13-21-42-41-18-9-11-25-47(41)52-49(42)46/h2-33H,1H3. The van der Waals surface area contributed by atoms with Crippen LogP contribution in [0, 0.1) is 0 Å². The third-order valence-corrected chi connectivity index (χ3v) is 11.0. The fraction of sp³-hybridized carbons (Fsp3) is 0.0400. The zero-order chi connectivity index (χ0) is 34.6. The molecule has 1 heterocycles. The Balaban J connectivity index is 1.12. The minimum absolute atomic E-state index is 0.239. The van der Waals surface area contributed by atoms with E-state index in [0.29, 0.717) is 0 Å². The van der Waals surface area contributed by atoms with Gasteiger partial charge >= 0.3 is 0 Å². The normalized spacial score (nSPS) is 14.7. The Morgan fingerprint density at radius 1 is 0.423 bits per heavy atom. The maximum atomic E-state index is 6.59. The average Bonchev–Trinajstić information content (AvgIpc) is 3.73. The second-order valence-electron chi connectivity index (χ2n) is 13.8. The van der Waals surface area contributed by atoms with E-state index in [0.717, 1.165) is 39.0 Å². The van der Waals surface area contributed by atoms with Gasteiger partial charge in [-0.3, -0.25) is 0 Å². The lowest BCUT2D eigenvalue weighted by molar-refractivity contribution is 0.669. The van der Waals surface area contributed by atoms with Gasteiger partial charge in [0.2, 0.25) is 0 Å². The molecule has 1 aromatic heterocycles. The van der Waals surface area contributed by atoms with Gasteiger partial charge in [0.25, 0.3) is 0 Å². The van der Waals surface area contributed by atoms with Crippen molar-refractivity contribution in [3.8, 4) is 33.4 Å². The summed E-state index contributed by atoms with van der Waals surface area (Å²) in [5.41, 5.74) is 16.1.